The number of nitrogens with two attached hydrogens (primary N) is 1. The highest BCUT2D eigenvalue weighted by Gasteiger charge is 2.20. The standard InChI is InChI=1S/C16H19N5O6/c17-15(26)18-7-3-6-11(14(24)25)19-12(22)8-21-13(23)9-4-1-2-5-10(9)20-16(21)27/h1-2,4-5,11H,3,6-8H2,(H,19,22)(H,20,27)(H,24,25)(H3,17,18,26). The van der Waals surface area contributed by atoms with Crippen LogP contribution in [0.15, 0.2) is 33.9 Å². The predicted molar refractivity (Wildman–Crippen MR) is 95.2 cm³/mol. The number of rotatable bonds is 8. The fraction of sp³-hybridized carbons (Fsp3) is 0.312. The van der Waals surface area contributed by atoms with E-state index < -0.39 is 41.7 Å². The molecule has 2 aromatic rings. The van der Waals surface area contributed by atoms with E-state index in [1.807, 2.05) is 0 Å². The number of nitrogens with zero attached hydrogens (tertiary/aromatic N) is 1. The largest absolute Gasteiger partial charge is 0.480 e. The van der Waals surface area contributed by atoms with Gasteiger partial charge >= 0.3 is 17.7 Å². The summed E-state index contributed by atoms with van der Waals surface area (Å²) in [6.07, 6.45) is 0.293. The second-order valence-electron chi connectivity index (χ2n) is 5.76. The third kappa shape index (κ3) is 5.17. The summed E-state index contributed by atoms with van der Waals surface area (Å²) in [6, 6.07) is 4.37. The lowest BCUT2D eigenvalue weighted by Gasteiger charge is -2.15. The number of aliphatic carboxylic acids is 1. The molecule has 1 aromatic heterocycles. The number of carboxylic acids is 1. The van der Waals surface area contributed by atoms with Crippen LogP contribution >= 0.6 is 0 Å². The molecule has 144 valence electrons. The van der Waals surface area contributed by atoms with Crippen molar-refractivity contribution < 1.29 is 19.5 Å². The van der Waals surface area contributed by atoms with Crippen LogP contribution in [0.3, 0.4) is 0 Å². The zero-order chi connectivity index (χ0) is 20.0. The first-order valence-corrected chi connectivity index (χ1v) is 8.07. The number of H-pyrrole nitrogens is 1. The Kier molecular flexibility index (Phi) is 6.31. The molecule has 2 rings (SSSR count). The second kappa shape index (κ2) is 8.65. The van der Waals surface area contributed by atoms with Crippen molar-refractivity contribution in [2.45, 2.75) is 25.4 Å². The van der Waals surface area contributed by atoms with Gasteiger partial charge in [0, 0.05) is 6.54 Å². The number of carbonyl (C=O) groups excluding carboxylic acids is 2. The monoisotopic (exact) mass is 377 g/mol. The van der Waals surface area contributed by atoms with Gasteiger partial charge in [-0.25, -0.2) is 14.4 Å². The van der Waals surface area contributed by atoms with Gasteiger partial charge in [0.05, 0.1) is 10.9 Å². The molecule has 0 saturated carbocycles. The number of aromatic nitrogens is 2. The Morgan fingerprint density at radius 1 is 1.22 bits per heavy atom. The highest BCUT2D eigenvalue weighted by molar-refractivity contribution is 5.83. The molecule has 1 aromatic carbocycles. The average Bonchev–Trinajstić information content (AvgIpc) is 2.60. The minimum absolute atomic E-state index is 0.0321. The molecule has 1 unspecified atom stereocenters. The van der Waals surface area contributed by atoms with Crippen molar-refractivity contribution >= 4 is 28.8 Å². The third-order valence-electron chi connectivity index (χ3n) is 3.79. The van der Waals surface area contributed by atoms with Gasteiger partial charge in [0.25, 0.3) is 5.56 Å². The summed E-state index contributed by atoms with van der Waals surface area (Å²) in [4.78, 5) is 60.9. The normalized spacial score (nSPS) is 11.7. The van der Waals surface area contributed by atoms with Crippen LogP contribution in [0.2, 0.25) is 0 Å². The molecule has 11 heteroatoms. The van der Waals surface area contributed by atoms with E-state index in [1.54, 1.807) is 18.2 Å². The predicted octanol–water partition coefficient (Wildman–Crippen LogP) is -1.29. The Morgan fingerprint density at radius 3 is 2.59 bits per heavy atom. The maximum absolute atomic E-state index is 12.4. The zero-order valence-corrected chi connectivity index (χ0v) is 14.2. The second-order valence-corrected chi connectivity index (χ2v) is 5.76. The number of carboxylic acid groups (broad SMARTS) is 1. The molecular formula is C16H19N5O6. The van der Waals surface area contributed by atoms with E-state index in [2.05, 4.69) is 15.6 Å². The summed E-state index contributed by atoms with van der Waals surface area (Å²) < 4.78 is 0.700. The SMILES string of the molecule is NC(=O)NCCCC(NC(=O)Cn1c(=O)[nH]c2ccccc2c1=O)C(=O)O. The first-order chi connectivity index (χ1) is 12.8. The van der Waals surface area contributed by atoms with Crippen LogP contribution in [-0.2, 0) is 16.1 Å². The van der Waals surface area contributed by atoms with Crippen LogP contribution < -0.4 is 27.6 Å². The van der Waals surface area contributed by atoms with Crippen molar-refractivity contribution in [1.82, 2.24) is 20.2 Å². The molecule has 0 radical (unpaired) electrons. The van der Waals surface area contributed by atoms with E-state index >= 15 is 0 Å². The molecule has 0 bridgehead atoms. The van der Waals surface area contributed by atoms with E-state index in [1.165, 1.54) is 6.07 Å². The van der Waals surface area contributed by atoms with Crippen molar-refractivity contribution in [2.75, 3.05) is 6.54 Å². The number of nitrogens with one attached hydrogen (secondary N) is 3. The molecule has 0 aliphatic heterocycles. The first-order valence-electron chi connectivity index (χ1n) is 8.07. The highest BCUT2D eigenvalue weighted by Crippen LogP contribution is 2.03. The molecule has 11 nitrogen and oxygen atoms in total. The fourth-order valence-corrected chi connectivity index (χ4v) is 2.50. The molecule has 0 saturated heterocycles. The average molecular weight is 377 g/mol. The molecule has 0 aliphatic carbocycles. The van der Waals surface area contributed by atoms with Gasteiger partial charge in [0.1, 0.15) is 12.6 Å². The Balaban J connectivity index is 2.08. The minimum Gasteiger partial charge on any atom is -0.480 e. The van der Waals surface area contributed by atoms with Crippen LogP contribution in [0.1, 0.15) is 12.8 Å². The van der Waals surface area contributed by atoms with Crippen LogP contribution in [0, 0.1) is 0 Å². The number of benzene rings is 1. The molecular weight excluding hydrogens is 358 g/mol. The van der Waals surface area contributed by atoms with E-state index in [-0.39, 0.29) is 24.8 Å². The Bertz CT molecular complexity index is 979. The van der Waals surface area contributed by atoms with Gasteiger partial charge in [0.15, 0.2) is 0 Å². The van der Waals surface area contributed by atoms with Crippen molar-refractivity contribution in [3.8, 4) is 0 Å². The zero-order valence-electron chi connectivity index (χ0n) is 14.2. The molecule has 0 fully saturated rings. The molecule has 1 atom stereocenters. The van der Waals surface area contributed by atoms with Gasteiger partial charge < -0.3 is 26.5 Å². The van der Waals surface area contributed by atoms with Gasteiger partial charge in [-0.1, -0.05) is 12.1 Å². The molecule has 3 amide bonds. The van der Waals surface area contributed by atoms with E-state index in [0.717, 1.165) is 0 Å². The molecule has 0 spiro atoms. The number of aromatic amines is 1. The fourth-order valence-electron chi connectivity index (χ4n) is 2.50. The molecule has 6 N–H and O–H groups in total. The highest BCUT2D eigenvalue weighted by atomic mass is 16.4. The Labute approximate surface area is 152 Å². The van der Waals surface area contributed by atoms with Crippen LogP contribution in [0.5, 0.6) is 0 Å². The van der Waals surface area contributed by atoms with E-state index in [0.29, 0.717) is 10.1 Å². The molecule has 1 heterocycles. The van der Waals surface area contributed by atoms with Crippen LogP contribution in [0.25, 0.3) is 10.9 Å². The van der Waals surface area contributed by atoms with Gasteiger partial charge in [-0.15, -0.1) is 0 Å². The number of urea groups is 1. The number of primary amides is 1. The Morgan fingerprint density at radius 2 is 1.93 bits per heavy atom. The number of carbonyl (C=O) groups is 3. The maximum Gasteiger partial charge on any atom is 0.329 e. The van der Waals surface area contributed by atoms with Gasteiger partial charge in [0.2, 0.25) is 5.91 Å². The van der Waals surface area contributed by atoms with E-state index in [4.69, 9.17) is 5.73 Å². The third-order valence-corrected chi connectivity index (χ3v) is 3.79. The van der Waals surface area contributed by atoms with Crippen LogP contribution in [0.4, 0.5) is 4.79 Å². The van der Waals surface area contributed by atoms with Gasteiger partial charge in [-0.2, -0.15) is 0 Å². The van der Waals surface area contributed by atoms with Crippen molar-refractivity contribution in [1.29, 1.82) is 0 Å². The van der Waals surface area contributed by atoms with Gasteiger partial charge in [-0.3, -0.25) is 14.2 Å². The van der Waals surface area contributed by atoms with Crippen LogP contribution in [-0.4, -0.2) is 45.2 Å². The van der Waals surface area contributed by atoms with E-state index in [9.17, 15) is 29.1 Å². The lowest BCUT2D eigenvalue weighted by Crippen LogP contribution is -2.46. The summed E-state index contributed by atoms with van der Waals surface area (Å²) in [5.41, 5.74) is 3.82. The number of fused-ring (bicyclic) bond motifs is 1. The quantitative estimate of drug-likeness (QED) is 0.357. The van der Waals surface area contributed by atoms with Crippen molar-refractivity contribution in [3.63, 3.8) is 0 Å². The number of amides is 3. The summed E-state index contributed by atoms with van der Waals surface area (Å²) in [6.45, 7) is -0.471. The molecule has 27 heavy (non-hydrogen) atoms. The summed E-state index contributed by atoms with van der Waals surface area (Å²) >= 11 is 0. The smallest absolute Gasteiger partial charge is 0.329 e. The first kappa shape index (κ1) is 19.7. The lowest BCUT2D eigenvalue weighted by atomic mass is 10.1. The van der Waals surface area contributed by atoms with Crippen molar-refractivity contribution in [3.05, 3.63) is 45.1 Å². The summed E-state index contributed by atoms with van der Waals surface area (Å²) in [5, 5.41) is 14.0. The van der Waals surface area contributed by atoms with Crippen molar-refractivity contribution in [2.24, 2.45) is 5.73 Å². The topological polar surface area (TPSA) is 176 Å². The number of para-hydroxylation sites is 1. The number of hydrogen-bond acceptors (Lipinski definition) is 5. The summed E-state index contributed by atoms with van der Waals surface area (Å²) in [5.74, 6) is -2.07. The van der Waals surface area contributed by atoms with Gasteiger partial charge in [-0.05, 0) is 25.0 Å². The number of hydrogen-bond donors (Lipinski definition) is 5. The summed E-state index contributed by atoms with van der Waals surface area (Å²) in [7, 11) is 0. The lowest BCUT2D eigenvalue weighted by molar-refractivity contribution is -0.142. The molecule has 0 aliphatic rings. The minimum atomic E-state index is -1.28. The Hall–Kier alpha value is -3.63. The maximum atomic E-state index is 12.4.